The first-order chi connectivity index (χ1) is 12.1. The second kappa shape index (κ2) is 7.88. The molecule has 0 radical (unpaired) electrons. The standard InChI is InChI=1S/C19H24N2O4S/c1-12-5-6-15(23)14(9-12)21(16(24)10-22)17(13-7-8-26-11-13)18(25)20-19(2,3)4/h5-9,11,17,22-23H,10H2,1-4H3,(H,20,25). The average Bonchev–Trinajstić information content (AvgIpc) is 3.06. The molecule has 0 fully saturated rings. The van der Waals surface area contributed by atoms with Crippen LogP contribution in [-0.4, -0.2) is 34.2 Å². The number of phenols is 1. The molecule has 3 N–H and O–H groups in total. The van der Waals surface area contributed by atoms with Gasteiger partial charge in [-0.3, -0.25) is 14.5 Å². The molecule has 6 nitrogen and oxygen atoms in total. The third-order valence-electron chi connectivity index (χ3n) is 3.66. The fourth-order valence-corrected chi connectivity index (χ4v) is 3.29. The van der Waals surface area contributed by atoms with Crippen LogP contribution in [0.25, 0.3) is 0 Å². The van der Waals surface area contributed by atoms with E-state index in [0.717, 1.165) is 10.5 Å². The molecule has 0 bridgehead atoms. The van der Waals surface area contributed by atoms with Gasteiger partial charge >= 0.3 is 0 Å². The molecule has 2 amide bonds. The second-order valence-corrected chi connectivity index (χ2v) is 7.89. The molecule has 7 heteroatoms. The first-order valence-corrected chi connectivity index (χ1v) is 9.15. The highest BCUT2D eigenvalue weighted by molar-refractivity contribution is 7.08. The maximum atomic E-state index is 13.0. The molecular weight excluding hydrogens is 352 g/mol. The zero-order chi connectivity index (χ0) is 19.5. The van der Waals surface area contributed by atoms with Crippen molar-refractivity contribution in [2.24, 2.45) is 0 Å². The SMILES string of the molecule is Cc1ccc(O)c(N(C(=O)CO)C(C(=O)NC(C)(C)C)c2ccsc2)c1. The Labute approximate surface area is 157 Å². The highest BCUT2D eigenvalue weighted by Gasteiger charge is 2.35. The van der Waals surface area contributed by atoms with E-state index in [0.29, 0.717) is 5.56 Å². The van der Waals surface area contributed by atoms with E-state index >= 15 is 0 Å². The summed E-state index contributed by atoms with van der Waals surface area (Å²) in [5.41, 5.74) is 1.10. The van der Waals surface area contributed by atoms with Crippen LogP contribution in [0.5, 0.6) is 5.75 Å². The Morgan fingerprint density at radius 3 is 2.50 bits per heavy atom. The largest absolute Gasteiger partial charge is 0.506 e. The molecule has 1 unspecified atom stereocenters. The van der Waals surface area contributed by atoms with Crippen molar-refractivity contribution in [2.45, 2.75) is 39.3 Å². The monoisotopic (exact) mass is 376 g/mol. The third kappa shape index (κ3) is 4.62. The number of anilines is 1. The van der Waals surface area contributed by atoms with Crippen molar-refractivity contribution in [1.29, 1.82) is 0 Å². The van der Waals surface area contributed by atoms with E-state index < -0.39 is 30.0 Å². The van der Waals surface area contributed by atoms with Crippen LogP contribution < -0.4 is 10.2 Å². The first-order valence-electron chi connectivity index (χ1n) is 8.20. The lowest BCUT2D eigenvalue weighted by molar-refractivity contribution is -0.128. The number of hydrogen-bond donors (Lipinski definition) is 3. The van der Waals surface area contributed by atoms with Crippen molar-refractivity contribution in [3.8, 4) is 5.75 Å². The summed E-state index contributed by atoms with van der Waals surface area (Å²) in [4.78, 5) is 26.8. The van der Waals surface area contributed by atoms with Gasteiger partial charge in [0.15, 0.2) is 0 Å². The van der Waals surface area contributed by atoms with Crippen molar-refractivity contribution < 1.29 is 19.8 Å². The summed E-state index contributed by atoms with van der Waals surface area (Å²) < 4.78 is 0. The first kappa shape index (κ1) is 19.9. The van der Waals surface area contributed by atoms with Gasteiger partial charge in [0.25, 0.3) is 5.91 Å². The Kier molecular flexibility index (Phi) is 6.05. The molecule has 0 saturated heterocycles. The summed E-state index contributed by atoms with van der Waals surface area (Å²) in [7, 11) is 0. The molecule has 0 spiro atoms. The number of aromatic hydroxyl groups is 1. The van der Waals surface area contributed by atoms with Crippen LogP contribution in [0.1, 0.15) is 37.9 Å². The number of carbonyl (C=O) groups is 2. The van der Waals surface area contributed by atoms with E-state index in [4.69, 9.17) is 0 Å². The summed E-state index contributed by atoms with van der Waals surface area (Å²) >= 11 is 1.40. The average molecular weight is 376 g/mol. The Balaban J connectivity index is 2.61. The van der Waals surface area contributed by atoms with Crippen LogP contribution in [0, 0.1) is 6.92 Å². The van der Waals surface area contributed by atoms with Gasteiger partial charge in [-0.05, 0) is 67.8 Å². The van der Waals surface area contributed by atoms with Gasteiger partial charge in [0.2, 0.25) is 5.91 Å². The van der Waals surface area contributed by atoms with Gasteiger partial charge < -0.3 is 15.5 Å². The number of aryl methyl sites for hydroxylation is 1. The number of benzene rings is 1. The van der Waals surface area contributed by atoms with Crippen molar-refractivity contribution in [2.75, 3.05) is 11.5 Å². The Hall–Kier alpha value is -2.38. The van der Waals surface area contributed by atoms with Crippen LogP contribution in [0.15, 0.2) is 35.0 Å². The minimum atomic E-state index is -1.01. The van der Waals surface area contributed by atoms with E-state index in [1.807, 2.05) is 33.1 Å². The maximum Gasteiger partial charge on any atom is 0.253 e. The Morgan fingerprint density at radius 2 is 1.96 bits per heavy atom. The van der Waals surface area contributed by atoms with E-state index in [1.54, 1.807) is 23.6 Å². The van der Waals surface area contributed by atoms with Crippen molar-refractivity contribution in [1.82, 2.24) is 5.32 Å². The normalized spacial score (nSPS) is 12.5. The summed E-state index contributed by atoms with van der Waals surface area (Å²) in [5, 5.41) is 26.3. The lowest BCUT2D eigenvalue weighted by Gasteiger charge is -2.33. The molecule has 0 aliphatic carbocycles. The predicted molar refractivity (Wildman–Crippen MR) is 102 cm³/mol. The van der Waals surface area contributed by atoms with Gasteiger partial charge in [-0.2, -0.15) is 11.3 Å². The summed E-state index contributed by atoms with van der Waals surface area (Å²) in [6.07, 6.45) is 0. The van der Waals surface area contributed by atoms with Gasteiger partial charge in [-0.25, -0.2) is 0 Å². The van der Waals surface area contributed by atoms with E-state index in [1.165, 1.54) is 17.4 Å². The zero-order valence-corrected chi connectivity index (χ0v) is 16.1. The summed E-state index contributed by atoms with van der Waals surface area (Å²) in [6, 6.07) is 5.53. The van der Waals surface area contributed by atoms with Crippen molar-refractivity contribution >= 4 is 28.8 Å². The molecule has 0 saturated carbocycles. The maximum absolute atomic E-state index is 13.0. The number of thiophene rings is 1. The molecule has 26 heavy (non-hydrogen) atoms. The molecule has 0 aliphatic heterocycles. The number of carbonyl (C=O) groups excluding carboxylic acids is 2. The number of nitrogens with zero attached hydrogens (tertiary/aromatic N) is 1. The topological polar surface area (TPSA) is 89.9 Å². The molecular formula is C19H24N2O4S. The predicted octanol–water partition coefficient (Wildman–Crippen LogP) is 2.74. The van der Waals surface area contributed by atoms with Crippen LogP contribution in [0.2, 0.25) is 0 Å². The second-order valence-electron chi connectivity index (χ2n) is 7.11. The van der Waals surface area contributed by atoms with Gasteiger partial charge in [0.05, 0.1) is 5.69 Å². The zero-order valence-electron chi connectivity index (χ0n) is 15.3. The number of phenolic OH excluding ortho intramolecular Hbond substituents is 1. The Morgan fingerprint density at radius 1 is 1.27 bits per heavy atom. The molecule has 2 rings (SSSR count). The Bertz CT molecular complexity index is 781. The van der Waals surface area contributed by atoms with Crippen LogP contribution in [-0.2, 0) is 9.59 Å². The highest BCUT2D eigenvalue weighted by Crippen LogP contribution is 2.36. The van der Waals surface area contributed by atoms with E-state index in [-0.39, 0.29) is 11.4 Å². The van der Waals surface area contributed by atoms with Gasteiger partial charge in [0, 0.05) is 5.54 Å². The fourth-order valence-electron chi connectivity index (χ4n) is 2.61. The fraction of sp³-hybridized carbons (Fsp3) is 0.368. The van der Waals surface area contributed by atoms with Crippen LogP contribution >= 0.6 is 11.3 Å². The molecule has 1 aromatic heterocycles. The molecule has 0 aliphatic rings. The number of hydrogen-bond acceptors (Lipinski definition) is 5. The number of amides is 2. The summed E-state index contributed by atoms with van der Waals surface area (Å²) in [5.74, 6) is -1.20. The van der Waals surface area contributed by atoms with Crippen LogP contribution in [0.3, 0.4) is 0 Å². The summed E-state index contributed by atoms with van der Waals surface area (Å²) in [6.45, 7) is 6.57. The lowest BCUT2D eigenvalue weighted by atomic mass is 10.0. The molecule has 1 atom stereocenters. The van der Waals surface area contributed by atoms with E-state index in [2.05, 4.69) is 5.32 Å². The van der Waals surface area contributed by atoms with Gasteiger partial charge in [-0.1, -0.05) is 6.07 Å². The molecule has 1 heterocycles. The third-order valence-corrected chi connectivity index (χ3v) is 4.36. The minimum absolute atomic E-state index is 0.138. The highest BCUT2D eigenvalue weighted by atomic mass is 32.1. The smallest absolute Gasteiger partial charge is 0.253 e. The van der Waals surface area contributed by atoms with Crippen molar-refractivity contribution in [3.05, 3.63) is 46.2 Å². The minimum Gasteiger partial charge on any atom is -0.506 e. The van der Waals surface area contributed by atoms with Gasteiger partial charge in [-0.15, -0.1) is 0 Å². The quantitative estimate of drug-likeness (QED) is 0.748. The van der Waals surface area contributed by atoms with Crippen LogP contribution in [0.4, 0.5) is 5.69 Å². The molecule has 2 aromatic rings. The number of aliphatic hydroxyl groups excluding tert-OH is 1. The number of rotatable bonds is 5. The van der Waals surface area contributed by atoms with Gasteiger partial charge in [0.1, 0.15) is 18.4 Å². The molecule has 1 aromatic carbocycles. The lowest BCUT2D eigenvalue weighted by Crippen LogP contribution is -2.50. The molecule has 140 valence electrons. The van der Waals surface area contributed by atoms with E-state index in [9.17, 15) is 19.8 Å². The number of aliphatic hydroxyl groups is 1. The van der Waals surface area contributed by atoms with Crippen molar-refractivity contribution in [3.63, 3.8) is 0 Å². The number of nitrogens with one attached hydrogen (secondary N) is 1.